The Kier molecular flexibility index (Phi) is 5.23. The van der Waals surface area contributed by atoms with E-state index >= 15 is 0 Å². The van der Waals surface area contributed by atoms with Crippen LogP contribution in [0.15, 0.2) is 24.3 Å². The largest absolute Gasteiger partial charge is 0.491 e. The number of ether oxygens (including phenoxy) is 1. The third-order valence-electron chi connectivity index (χ3n) is 3.66. The van der Waals surface area contributed by atoms with E-state index in [0.717, 1.165) is 18.7 Å². The van der Waals surface area contributed by atoms with Crippen LogP contribution in [0.5, 0.6) is 5.75 Å². The zero-order valence-electron chi connectivity index (χ0n) is 12.1. The second-order valence-electron chi connectivity index (χ2n) is 5.57. The van der Waals surface area contributed by atoms with Crippen LogP contribution in [0.1, 0.15) is 44.7 Å². The average molecular weight is 262 g/mol. The Hall–Kier alpha value is -1.06. The molecule has 106 valence electrons. The summed E-state index contributed by atoms with van der Waals surface area (Å²) in [6, 6.07) is 9.01. The van der Waals surface area contributed by atoms with Gasteiger partial charge in [-0.2, -0.15) is 0 Å². The molecule has 19 heavy (non-hydrogen) atoms. The van der Waals surface area contributed by atoms with Crippen LogP contribution < -0.4 is 10.5 Å². The van der Waals surface area contributed by atoms with E-state index in [1.54, 1.807) is 0 Å². The molecule has 0 aromatic heterocycles. The van der Waals surface area contributed by atoms with Gasteiger partial charge in [0.25, 0.3) is 0 Å². The zero-order valence-corrected chi connectivity index (χ0v) is 12.1. The van der Waals surface area contributed by atoms with Gasteiger partial charge in [0.1, 0.15) is 5.75 Å². The molecule has 0 spiro atoms. The topological polar surface area (TPSA) is 38.5 Å². The summed E-state index contributed by atoms with van der Waals surface area (Å²) in [5.74, 6) is 0.951. The summed E-state index contributed by atoms with van der Waals surface area (Å²) in [5, 5.41) is 0. The molecule has 3 heteroatoms. The van der Waals surface area contributed by atoms with Gasteiger partial charge in [-0.25, -0.2) is 0 Å². The van der Waals surface area contributed by atoms with Gasteiger partial charge in [-0.3, -0.25) is 4.90 Å². The fourth-order valence-corrected chi connectivity index (χ4v) is 2.81. The highest BCUT2D eigenvalue weighted by Crippen LogP contribution is 2.29. The molecule has 0 radical (unpaired) electrons. The average Bonchev–Trinajstić information content (AvgIpc) is 2.90. The first-order valence-corrected chi connectivity index (χ1v) is 7.41. The Morgan fingerprint density at radius 3 is 2.32 bits per heavy atom. The first-order valence-electron chi connectivity index (χ1n) is 7.41. The Bertz CT molecular complexity index is 369. The number of nitrogens with zero attached hydrogens (tertiary/aromatic N) is 1. The van der Waals surface area contributed by atoms with Crippen LogP contribution in [0.2, 0.25) is 0 Å². The van der Waals surface area contributed by atoms with Gasteiger partial charge in [0, 0.05) is 6.04 Å². The maximum atomic E-state index is 5.78. The third kappa shape index (κ3) is 3.95. The number of benzene rings is 1. The molecule has 1 aliphatic heterocycles. The van der Waals surface area contributed by atoms with Gasteiger partial charge >= 0.3 is 0 Å². The minimum absolute atomic E-state index is 0.226. The summed E-state index contributed by atoms with van der Waals surface area (Å²) in [7, 11) is 0. The van der Waals surface area contributed by atoms with Crippen molar-refractivity contribution >= 4 is 0 Å². The van der Waals surface area contributed by atoms with Crippen molar-refractivity contribution in [2.75, 3.05) is 19.6 Å². The van der Waals surface area contributed by atoms with E-state index in [1.165, 1.54) is 31.5 Å². The van der Waals surface area contributed by atoms with E-state index in [9.17, 15) is 0 Å². The van der Waals surface area contributed by atoms with Crippen LogP contribution >= 0.6 is 0 Å². The molecule has 0 saturated carbocycles. The molecule has 1 atom stereocenters. The molecule has 1 unspecified atom stereocenters. The molecule has 1 saturated heterocycles. The minimum Gasteiger partial charge on any atom is -0.491 e. The second-order valence-corrected chi connectivity index (χ2v) is 5.57. The smallest absolute Gasteiger partial charge is 0.119 e. The summed E-state index contributed by atoms with van der Waals surface area (Å²) >= 11 is 0. The number of likely N-dealkylation sites (tertiary alicyclic amines) is 1. The van der Waals surface area contributed by atoms with Gasteiger partial charge in [0.15, 0.2) is 0 Å². The first-order chi connectivity index (χ1) is 9.20. The van der Waals surface area contributed by atoms with Crippen LogP contribution in [0.25, 0.3) is 0 Å². The molecule has 1 aromatic rings. The lowest BCUT2D eigenvalue weighted by Crippen LogP contribution is -2.27. The van der Waals surface area contributed by atoms with E-state index in [4.69, 9.17) is 10.5 Å². The molecule has 0 bridgehead atoms. The van der Waals surface area contributed by atoms with Crippen LogP contribution in [-0.4, -0.2) is 30.6 Å². The SMILES string of the molecule is CC(C)Oc1ccc(C(CCN)N2CCCC2)cc1. The van der Waals surface area contributed by atoms with E-state index < -0.39 is 0 Å². The third-order valence-corrected chi connectivity index (χ3v) is 3.66. The molecule has 1 aromatic carbocycles. The van der Waals surface area contributed by atoms with E-state index in [-0.39, 0.29) is 6.10 Å². The predicted octanol–water partition coefficient (Wildman–Crippen LogP) is 2.96. The molecule has 1 heterocycles. The number of nitrogens with two attached hydrogens (primary N) is 1. The maximum Gasteiger partial charge on any atom is 0.119 e. The van der Waals surface area contributed by atoms with Crippen molar-refractivity contribution in [1.82, 2.24) is 4.90 Å². The van der Waals surface area contributed by atoms with Crippen molar-refractivity contribution in [1.29, 1.82) is 0 Å². The van der Waals surface area contributed by atoms with Gasteiger partial charge in [0.2, 0.25) is 0 Å². The Morgan fingerprint density at radius 1 is 1.16 bits per heavy atom. The number of hydrogen-bond acceptors (Lipinski definition) is 3. The Morgan fingerprint density at radius 2 is 1.79 bits per heavy atom. The van der Waals surface area contributed by atoms with Crippen molar-refractivity contribution in [3.63, 3.8) is 0 Å². The molecular weight excluding hydrogens is 236 g/mol. The highest BCUT2D eigenvalue weighted by Gasteiger charge is 2.22. The van der Waals surface area contributed by atoms with Gasteiger partial charge in [-0.15, -0.1) is 0 Å². The van der Waals surface area contributed by atoms with Gasteiger partial charge in [-0.05, 0) is 70.4 Å². The van der Waals surface area contributed by atoms with Crippen molar-refractivity contribution in [2.24, 2.45) is 5.73 Å². The molecule has 2 rings (SSSR count). The van der Waals surface area contributed by atoms with Crippen LogP contribution in [-0.2, 0) is 0 Å². The quantitative estimate of drug-likeness (QED) is 0.856. The molecule has 3 nitrogen and oxygen atoms in total. The predicted molar refractivity (Wildman–Crippen MR) is 79.4 cm³/mol. The highest BCUT2D eigenvalue weighted by molar-refractivity contribution is 5.29. The lowest BCUT2D eigenvalue weighted by atomic mass is 10.0. The van der Waals surface area contributed by atoms with Crippen LogP contribution in [0, 0.1) is 0 Å². The normalized spacial score (nSPS) is 17.9. The fourth-order valence-electron chi connectivity index (χ4n) is 2.81. The van der Waals surface area contributed by atoms with Crippen LogP contribution in [0.4, 0.5) is 0 Å². The maximum absolute atomic E-state index is 5.78. The summed E-state index contributed by atoms with van der Waals surface area (Å²) in [5.41, 5.74) is 7.14. The Labute approximate surface area is 116 Å². The molecule has 1 aliphatic rings. The number of hydrogen-bond donors (Lipinski definition) is 1. The second kappa shape index (κ2) is 6.92. The molecule has 1 fully saturated rings. The first kappa shape index (κ1) is 14.4. The highest BCUT2D eigenvalue weighted by atomic mass is 16.5. The molecule has 2 N–H and O–H groups in total. The van der Waals surface area contributed by atoms with Crippen molar-refractivity contribution in [2.45, 2.75) is 45.3 Å². The molecule has 0 amide bonds. The summed E-state index contributed by atoms with van der Waals surface area (Å²) in [6.07, 6.45) is 3.89. The van der Waals surface area contributed by atoms with Crippen LogP contribution in [0.3, 0.4) is 0 Å². The van der Waals surface area contributed by atoms with E-state index in [0.29, 0.717) is 6.04 Å². The lowest BCUT2D eigenvalue weighted by Gasteiger charge is -2.27. The van der Waals surface area contributed by atoms with Gasteiger partial charge in [-0.1, -0.05) is 12.1 Å². The lowest BCUT2D eigenvalue weighted by molar-refractivity contribution is 0.233. The van der Waals surface area contributed by atoms with Crippen molar-refractivity contribution in [3.8, 4) is 5.75 Å². The molecule has 0 aliphatic carbocycles. The number of rotatable bonds is 6. The van der Waals surface area contributed by atoms with Gasteiger partial charge < -0.3 is 10.5 Å². The fraction of sp³-hybridized carbons (Fsp3) is 0.625. The molecular formula is C16H26N2O. The van der Waals surface area contributed by atoms with Crippen molar-refractivity contribution in [3.05, 3.63) is 29.8 Å². The van der Waals surface area contributed by atoms with E-state index in [1.807, 2.05) is 0 Å². The summed E-state index contributed by atoms with van der Waals surface area (Å²) < 4.78 is 5.70. The summed E-state index contributed by atoms with van der Waals surface area (Å²) in [4.78, 5) is 2.56. The van der Waals surface area contributed by atoms with Crippen molar-refractivity contribution < 1.29 is 4.74 Å². The Balaban J connectivity index is 2.08. The minimum atomic E-state index is 0.226. The van der Waals surface area contributed by atoms with Gasteiger partial charge in [0.05, 0.1) is 6.10 Å². The monoisotopic (exact) mass is 262 g/mol. The summed E-state index contributed by atoms with van der Waals surface area (Å²) in [6.45, 7) is 7.25. The van der Waals surface area contributed by atoms with E-state index in [2.05, 4.69) is 43.0 Å². The zero-order chi connectivity index (χ0) is 13.7. The standard InChI is InChI=1S/C16H26N2O/c1-13(2)19-15-7-5-14(6-8-15)16(9-10-17)18-11-3-4-12-18/h5-8,13,16H,3-4,9-12,17H2,1-2H3.